The Kier molecular flexibility index (Phi) is 5.79. The SMILES string of the molecule is OCCN1CCN([C@@H]2Cc3cc(Cl)ccc3Sc3ccc(Cl)cc32)CC1. The van der Waals surface area contributed by atoms with Crippen molar-refractivity contribution in [2.45, 2.75) is 22.3 Å². The van der Waals surface area contributed by atoms with E-state index in [-0.39, 0.29) is 6.61 Å². The molecule has 2 aliphatic rings. The van der Waals surface area contributed by atoms with E-state index in [1.54, 1.807) is 0 Å². The average Bonchev–Trinajstić information content (AvgIpc) is 2.79. The van der Waals surface area contributed by atoms with Crippen molar-refractivity contribution < 1.29 is 5.11 Å². The van der Waals surface area contributed by atoms with Crippen LogP contribution in [0.2, 0.25) is 10.0 Å². The van der Waals surface area contributed by atoms with E-state index in [4.69, 9.17) is 23.2 Å². The molecule has 6 heteroatoms. The normalized spacial score (nSPS) is 21.1. The Bertz CT molecular complexity index is 793. The van der Waals surface area contributed by atoms with Crippen molar-refractivity contribution in [2.75, 3.05) is 39.3 Å². The van der Waals surface area contributed by atoms with E-state index in [1.165, 1.54) is 20.9 Å². The molecule has 4 rings (SSSR count). The van der Waals surface area contributed by atoms with Crippen molar-refractivity contribution in [1.82, 2.24) is 9.80 Å². The Morgan fingerprint density at radius 1 is 0.962 bits per heavy atom. The lowest BCUT2D eigenvalue weighted by Gasteiger charge is -2.39. The molecule has 0 aromatic heterocycles. The molecule has 1 saturated heterocycles. The molecule has 0 aliphatic carbocycles. The quantitative estimate of drug-likeness (QED) is 0.816. The highest BCUT2D eigenvalue weighted by atomic mass is 35.5. The van der Waals surface area contributed by atoms with Crippen LogP contribution in [0.25, 0.3) is 0 Å². The van der Waals surface area contributed by atoms with E-state index in [2.05, 4.69) is 34.1 Å². The summed E-state index contributed by atoms with van der Waals surface area (Å²) in [5.41, 5.74) is 2.61. The number of β-amino-alcohol motifs (C(OH)–C–C–N with tert-alkyl or cyclic N) is 1. The molecule has 138 valence electrons. The van der Waals surface area contributed by atoms with E-state index in [0.29, 0.717) is 6.04 Å². The summed E-state index contributed by atoms with van der Waals surface area (Å²) in [7, 11) is 0. The summed E-state index contributed by atoms with van der Waals surface area (Å²) in [4.78, 5) is 7.43. The maximum Gasteiger partial charge on any atom is 0.0558 e. The van der Waals surface area contributed by atoms with E-state index in [9.17, 15) is 5.11 Å². The molecule has 2 heterocycles. The van der Waals surface area contributed by atoms with Crippen LogP contribution in [0, 0.1) is 0 Å². The average molecular weight is 409 g/mol. The topological polar surface area (TPSA) is 26.7 Å². The Morgan fingerprint density at radius 2 is 1.65 bits per heavy atom. The molecule has 3 nitrogen and oxygen atoms in total. The highest BCUT2D eigenvalue weighted by Gasteiger charge is 2.30. The Hall–Kier alpha value is -0.750. The number of hydrogen-bond donors (Lipinski definition) is 1. The molecule has 0 bridgehead atoms. The second kappa shape index (κ2) is 8.09. The summed E-state index contributed by atoms with van der Waals surface area (Å²) in [5.74, 6) is 0. The maximum absolute atomic E-state index is 9.18. The van der Waals surface area contributed by atoms with Gasteiger partial charge in [0.15, 0.2) is 0 Å². The molecule has 0 spiro atoms. The van der Waals surface area contributed by atoms with Gasteiger partial charge in [-0.1, -0.05) is 35.0 Å². The van der Waals surface area contributed by atoms with Gasteiger partial charge in [-0.05, 0) is 53.9 Å². The number of piperazine rings is 1. The minimum Gasteiger partial charge on any atom is -0.395 e. The molecular formula is C20H22Cl2N2OS. The molecule has 2 aliphatic heterocycles. The van der Waals surface area contributed by atoms with Gasteiger partial charge in [0, 0.05) is 58.6 Å². The zero-order chi connectivity index (χ0) is 18.1. The molecular weight excluding hydrogens is 387 g/mol. The van der Waals surface area contributed by atoms with Crippen LogP contribution in [0.4, 0.5) is 0 Å². The van der Waals surface area contributed by atoms with Gasteiger partial charge < -0.3 is 5.11 Å². The molecule has 0 unspecified atom stereocenters. The molecule has 2 aromatic rings. The summed E-state index contributed by atoms with van der Waals surface area (Å²) in [5, 5.41) is 10.8. The van der Waals surface area contributed by atoms with Gasteiger partial charge in [-0.15, -0.1) is 0 Å². The lowest BCUT2D eigenvalue weighted by atomic mass is 9.96. The van der Waals surface area contributed by atoms with Crippen LogP contribution in [0.15, 0.2) is 46.2 Å². The molecule has 0 radical (unpaired) electrons. The largest absolute Gasteiger partial charge is 0.395 e. The monoisotopic (exact) mass is 408 g/mol. The second-order valence-corrected chi connectivity index (χ2v) is 8.81. The Morgan fingerprint density at radius 3 is 2.38 bits per heavy atom. The first-order valence-electron chi connectivity index (χ1n) is 8.97. The van der Waals surface area contributed by atoms with Crippen LogP contribution in [0.3, 0.4) is 0 Å². The number of aliphatic hydroxyl groups is 1. The van der Waals surface area contributed by atoms with Gasteiger partial charge in [-0.25, -0.2) is 0 Å². The van der Waals surface area contributed by atoms with Gasteiger partial charge in [-0.2, -0.15) is 0 Å². The van der Waals surface area contributed by atoms with E-state index >= 15 is 0 Å². The summed E-state index contributed by atoms with van der Waals surface area (Å²) >= 11 is 14.4. The molecule has 0 amide bonds. The number of halogens is 2. The molecule has 1 atom stereocenters. The fourth-order valence-electron chi connectivity index (χ4n) is 3.88. The van der Waals surface area contributed by atoms with Crippen molar-refractivity contribution in [3.05, 3.63) is 57.6 Å². The van der Waals surface area contributed by atoms with Crippen molar-refractivity contribution in [1.29, 1.82) is 0 Å². The van der Waals surface area contributed by atoms with Gasteiger partial charge in [0.2, 0.25) is 0 Å². The van der Waals surface area contributed by atoms with E-state index in [0.717, 1.165) is 49.2 Å². The van der Waals surface area contributed by atoms with Gasteiger partial charge in [0.1, 0.15) is 0 Å². The highest BCUT2D eigenvalue weighted by molar-refractivity contribution is 7.99. The fourth-order valence-corrected chi connectivity index (χ4v) is 5.35. The highest BCUT2D eigenvalue weighted by Crippen LogP contribution is 2.44. The molecule has 0 saturated carbocycles. The lowest BCUT2D eigenvalue weighted by Crippen LogP contribution is -2.48. The second-order valence-electron chi connectivity index (χ2n) is 6.86. The van der Waals surface area contributed by atoms with Gasteiger partial charge in [0.25, 0.3) is 0 Å². The zero-order valence-electron chi connectivity index (χ0n) is 14.5. The Labute approximate surface area is 168 Å². The summed E-state index contributed by atoms with van der Waals surface area (Å²) < 4.78 is 0. The number of benzene rings is 2. The number of aliphatic hydroxyl groups excluding tert-OH is 1. The minimum atomic E-state index is 0.227. The van der Waals surface area contributed by atoms with Crippen molar-refractivity contribution in [3.8, 4) is 0 Å². The van der Waals surface area contributed by atoms with Crippen LogP contribution >= 0.6 is 35.0 Å². The van der Waals surface area contributed by atoms with Gasteiger partial charge in [0.05, 0.1) is 6.61 Å². The number of hydrogen-bond acceptors (Lipinski definition) is 4. The molecule has 26 heavy (non-hydrogen) atoms. The van der Waals surface area contributed by atoms with E-state index < -0.39 is 0 Å². The Balaban J connectivity index is 1.67. The first-order chi connectivity index (χ1) is 12.6. The number of rotatable bonds is 3. The van der Waals surface area contributed by atoms with Crippen LogP contribution in [0.1, 0.15) is 17.2 Å². The number of nitrogens with zero attached hydrogens (tertiary/aromatic N) is 2. The van der Waals surface area contributed by atoms with E-state index in [1.807, 2.05) is 23.9 Å². The molecule has 1 fully saturated rings. The lowest BCUT2D eigenvalue weighted by molar-refractivity contribution is 0.0823. The van der Waals surface area contributed by atoms with Crippen molar-refractivity contribution in [2.24, 2.45) is 0 Å². The summed E-state index contributed by atoms with van der Waals surface area (Å²) in [6.45, 7) is 4.96. The third-order valence-electron chi connectivity index (χ3n) is 5.25. The fraction of sp³-hybridized carbons (Fsp3) is 0.400. The standard InChI is InChI=1S/C20H22Cl2N2OS/c21-15-1-3-19-14(11-15)12-18(17-13-16(22)2-4-20(17)26-19)24-7-5-23(6-8-24)9-10-25/h1-4,11,13,18,25H,5-10,12H2/t18-/m1/s1. The first kappa shape index (κ1) is 18.6. The smallest absolute Gasteiger partial charge is 0.0558 e. The zero-order valence-corrected chi connectivity index (χ0v) is 16.8. The van der Waals surface area contributed by atoms with Crippen molar-refractivity contribution in [3.63, 3.8) is 0 Å². The van der Waals surface area contributed by atoms with Crippen LogP contribution in [0.5, 0.6) is 0 Å². The van der Waals surface area contributed by atoms with Crippen molar-refractivity contribution >= 4 is 35.0 Å². The van der Waals surface area contributed by atoms with Crippen LogP contribution in [-0.4, -0.2) is 54.2 Å². The third kappa shape index (κ3) is 3.91. The summed E-state index contributed by atoms with van der Waals surface area (Å²) in [6, 6.07) is 12.7. The predicted octanol–water partition coefficient (Wildman–Crippen LogP) is 4.35. The molecule has 1 N–H and O–H groups in total. The van der Waals surface area contributed by atoms with Gasteiger partial charge >= 0.3 is 0 Å². The third-order valence-corrected chi connectivity index (χ3v) is 6.93. The van der Waals surface area contributed by atoms with Crippen LogP contribution in [-0.2, 0) is 6.42 Å². The molecule has 2 aromatic carbocycles. The maximum atomic E-state index is 9.18. The first-order valence-corrected chi connectivity index (χ1v) is 10.5. The number of fused-ring (bicyclic) bond motifs is 2. The van der Waals surface area contributed by atoms with Gasteiger partial charge in [-0.3, -0.25) is 9.80 Å². The predicted molar refractivity (Wildman–Crippen MR) is 109 cm³/mol. The summed E-state index contributed by atoms with van der Waals surface area (Å²) in [6.07, 6.45) is 0.941. The van der Waals surface area contributed by atoms with Crippen LogP contribution < -0.4 is 0 Å². The minimum absolute atomic E-state index is 0.227.